The summed E-state index contributed by atoms with van der Waals surface area (Å²) < 4.78 is 0. The van der Waals surface area contributed by atoms with Crippen LogP contribution in [-0.4, -0.2) is 35.7 Å². The van der Waals surface area contributed by atoms with Crippen LogP contribution in [0.4, 0.5) is 0 Å². The first-order valence-corrected chi connectivity index (χ1v) is 6.80. The van der Waals surface area contributed by atoms with Gasteiger partial charge >= 0.3 is 0 Å². The molecule has 3 aromatic rings. The molecule has 4 heterocycles. The monoisotopic (exact) mass is 292 g/mol. The molecule has 0 spiro atoms. The number of nitrogens with zero attached hydrogens (tertiary/aromatic N) is 5. The van der Waals surface area contributed by atoms with E-state index in [1.54, 1.807) is 4.90 Å². The summed E-state index contributed by atoms with van der Waals surface area (Å²) in [5.41, 5.74) is 4.03. The highest BCUT2D eigenvalue weighted by molar-refractivity contribution is 5.91. The summed E-state index contributed by atoms with van der Waals surface area (Å²) >= 11 is 0. The molecule has 1 N–H and O–H groups in total. The van der Waals surface area contributed by atoms with Crippen molar-refractivity contribution in [2.75, 3.05) is 0 Å². The largest absolute Gasteiger partial charge is 0.346 e. The van der Waals surface area contributed by atoms with Gasteiger partial charge in [0, 0.05) is 17.1 Å². The molecule has 0 unspecified atom stereocenters. The Morgan fingerprint density at radius 3 is 2.86 bits per heavy atom. The highest BCUT2D eigenvalue weighted by atomic mass is 16.2. The zero-order valence-electron chi connectivity index (χ0n) is 11.7. The van der Waals surface area contributed by atoms with Crippen molar-refractivity contribution in [2.24, 2.45) is 0 Å². The molecule has 3 aromatic heterocycles. The van der Waals surface area contributed by atoms with Gasteiger partial charge in [-0.05, 0) is 12.1 Å². The summed E-state index contributed by atoms with van der Waals surface area (Å²) in [6.07, 6.45) is 6.15. The van der Waals surface area contributed by atoms with Gasteiger partial charge in [-0.3, -0.25) is 4.79 Å². The number of nitrogens with one attached hydrogen (secondary N) is 1. The maximum atomic E-state index is 11.8. The molecule has 1 aliphatic heterocycles. The van der Waals surface area contributed by atoms with Crippen LogP contribution in [0.15, 0.2) is 37.6 Å². The lowest BCUT2D eigenvalue weighted by molar-refractivity contribution is -0.126. The van der Waals surface area contributed by atoms with Gasteiger partial charge in [0.1, 0.15) is 24.0 Å². The average molecular weight is 292 g/mol. The standard InChI is InChI=1S/C15H12N6O/c1-2-12(22)21-5-10-11(6-21)17-7-18-14(10)13-9-3-4-16-15(9)20-8-19-13/h2-4,7-8H,1,5-6H2,(H,16,19,20). The predicted molar refractivity (Wildman–Crippen MR) is 79.4 cm³/mol. The molecule has 7 nitrogen and oxygen atoms in total. The number of carbonyl (C=O) groups excluding carboxylic acids is 1. The van der Waals surface area contributed by atoms with Crippen LogP contribution in [0.25, 0.3) is 22.4 Å². The fourth-order valence-electron chi connectivity index (χ4n) is 2.73. The Balaban J connectivity index is 1.86. The van der Waals surface area contributed by atoms with Crippen LogP contribution in [0.5, 0.6) is 0 Å². The molecule has 0 aliphatic carbocycles. The van der Waals surface area contributed by atoms with Crippen molar-refractivity contribution in [3.63, 3.8) is 0 Å². The summed E-state index contributed by atoms with van der Waals surface area (Å²) in [7, 11) is 0. The van der Waals surface area contributed by atoms with E-state index < -0.39 is 0 Å². The minimum atomic E-state index is -0.113. The third-order valence-corrected chi connectivity index (χ3v) is 3.79. The molecule has 7 heteroatoms. The quantitative estimate of drug-likeness (QED) is 0.722. The summed E-state index contributed by atoms with van der Waals surface area (Å²) in [6.45, 7) is 4.46. The van der Waals surface area contributed by atoms with Crippen molar-refractivity contribution in [3.8, 4) is 11.4 Å². The molecule has 108 valence electrons. The topological polar surface area (TPSA) is 87.7 Å². The first-order chi connectivity index (χ1) is 10.8. The zero-order valence-corrected chi connectivity index (χ0v) is 11.7. The lowest BCUT2D eigenvalue weighted by Gasteiger charge is -2.11. The molecule has 0 bridgehead atoms. The molecule has 0 fully saturated rings. The molecule has 4 rings (SSSR count). The third kappa shape index (κ3) is 1.79. The van der Waals surface area contributed by atoms with Gasteiger partial charge in [-0.1, -0.05) is 6.58 Å². The van der Waals surface area contributed by atoms with Crippen molar-refractivity contribution in [1.82, 2.24) is 29.8 Å². The molecule has 0 aromatic carbocycles. The maximum Gasteiger partial charge on any atom is 0.246 e. The summed E-state index contributed by atoms with van der Waals surface area (Å²) in [6, 6.07) is 1.92. The number of aromatic amines is 1. The minimum Gasteiger partial charge on any atom is -0.346 e. The van der Waals surface area contributed by atoms with Crippen LogP contribution in [0, 0.1) is 0 Å². The van der Waals surface area contributed by atoms with Crippen molar-refractivity contribution < 1.29 is 4.79 Å². The molecule has 0 atom stereocenters. The number of aromatic nitrogens is 5. The smallest absolute Gasteiger partial charge is 0.246 e. The minimum absolute atomic E-state index is 0.113. The van der Waals surface area contributed by atoms with Crippen LogP contribution < -0.4 is 0 Å². The first-order valence-electron chi connectivity index (χ1n) is 6.80. The van der Waals surface area contributed by atoms with Crippen LogP contribution >= 0.6 is 0 Å². The number of H-pyrrole nitrogens is 1. The summed E-state index contributed by atoms with van der Waals surface area (Å²) in [5, 5.41) is 0.900. The van der Waals surface area contributed by atoms with E-state index in [2.05, 4.69) is 31.5 Å². The fourth-order valence-corrected chi connectivity index (χ4v) is 2.73. The highest BCUT2D eigenvalue weighted by Crippen LogP contribution is 2.31. The van der Waals surface area contributed by atoms with E-state index in [0.717, 1.165) is 33.7 Å². The SMILES string of the molecule is C=CC(=O)N1Cc2ncnc(-c3ncnc4[nH]ccc34)c2C1. The molecule has 0 saturated carbocycles. The van der Waals surface area contributed by atoms with Crippen molar-refractivity contribution >= 4 is 16.9 Å². The van der Waals surface area contributed by atoms with E-state index >= 15 is 0 Å². The van der Waals surface area contributed by atoms with Crippen LogP contribution in [0.3, 0.4) is 0 Å². The van der Waals surface area contributed by atoms with Gasteiger partial charge in [0.05, 0.1) is 24.5 Å². The molecule has 22 heavy (non-hydrogen) atoms. The summed E-state index contributed by atoms with van der Waals surface area (Å²) in [4.78, 5) is 33.8. The predicted octanol–water partition coefficient (Wildman–Crippen LogP) is 1.44. The summed E-state index contributed by atoms with van der Waals surface area (Å²) in [5.74, 6) is -0.113. The second-order valence-corrected chi connectivity index (χ2v) is 5.01. The van der Waals surface area contributed by atoms with E-state index in [1.165, 1.54) is 18.7 Å². The van der Waals surface area contributed by atoms with Crippen LogP contribution in [0.1, 0.15) is 11.3 Å². The third-order valence-electron chi connectivity index (χ3n) is 3.79. The number of carbonyl (C=O) groups is 1. The number of amides is 1. The van der Waals surface area contributed by atoms with Gasteiger partial charge in [0.2, 0.25) is 5.91 Å². The van der Waals surface area contributed by atoms with E-state index in [-0.39, 0.29) is 5.91 Å². The normalized spacial score (nSPS) is 13.4. The molecule has 1 aliphatic rings. The zero-order chi connectivity index (χ0) is 15.1. The number of hydrogen-bond acceptors (Lipinski definition) is 5. The van der Waals surface area contributed by atoms with Crippen molar-refractivity contribution in [3.05, 3.63) is 48.8 Å². The van der Waals surface area contributed by atoms with Crippen LogP contribution in [0.2, 0.25) is 0 Å². The second-order valence-electron chi connectivity index (χ2n) is 5.01. The highest BCUT2D eigenvalue weighted by Gasteiger charge is 2.27. The molecular weight excluding hydrogens is 280 g/mol. The second kappa shape index (κ2) is 4.73. The average Bonchev–Trinajstić information content (AvgIpc) is 3.19. The van der Waals surface area contributed by atoms with Gasteiger partial charge in [-0.2, -0.15) is 0 Å². The lowest BCUT2D eigenvalue weighted by atomic mass is 10.1. The van der Waals surface area contributed by atoms with Gasteiger partial charge in [-0.15, -0.1) is 0 Å². The Kier molecular flexibility index (Phi) is 2.72. The maximum absolute atomic E-state index is 11.8. The Labute approximate surface area is 125 Å². The van der Waals surface area contributed by atoms with Gasteiger partial charge in [0.15, 0.2) is 0 Å². The Hall–Kier alpha value is -3.09. The molecule has 0 saturated heterocycles. The van der Waals surface area contributed by atoms with Gasteiger partial charge < -0.3 is 9.88 Å². The van der Waals surface area contributed by atoms with E-state index in [0.29, 0.717) is 13.1 Å². The molecular formula is C15H12N6O. The number of rotatable bonds is 2. The molecule has 1 amide bonds. The van der Waals surface area contributed by atoms with E-state index in [9.17, 15) is 4.79 Å². The molecule has 0 radical (unpaired) electrons. The van der Waals surface area contributed by atoms with E-state index in [4.69, 9.17) is 0 Å². The Morgan fingerprint density at radius 1 is 1.18 bits per heavy atom. The van der Waals surface area contributed by atoms with Gasteiger partial charge in [-0.25, -0.2) is 19.9 Å². The lowest BCUT2D eigenvalue weighted by Crippen LogP contribution is -2.22. The Bertz CT molecular complexity index is 900. The fraction of sp³-hybridized carbons (Fsp3) is 0.133. The van der Waals surface area contributed by atoms with E-state index in [1.807, 2.05) is 12.3 Å². The van der Waals surface area contributed by atoms with Crippen LogP contribution in [-0.2, 0) is 17.9 Å². The van der Waals surface area contributed by atoms with Gasteiger partial charge in [0.25, 0.3) is 0 Å². The van der Waals surface area contributed by atoms with Crippen molar-refractivity contribution in [1.29, 1.82) is 0 Å². The Morgan fingerprint density at radius 2 is 2.00 bits per heavy atom. The van der Waals surface area contributed by atoms with Crippen molar-refractivity contribution in [2.45, 2.75) is 13.1 Å². The number of hydrogen-bond donors (Lipinski definition) is 1. The first kappa shape index (κ1) is 12.6. The number of fused-ring (bicyclic) bond motifs is 2.